The topological polar surface area (TPSA) is 9.23 Å². The molecule has 0 saturated heterocycles. The van der Waals surface area contributed by atoms with Gasteiger partial charge in [-0.2, -0.15) is 0 Å². The van der Waals surface area contributed by atoms with Gasteiger partial charge in [0.2, 0.25) is 0 Å². The molecule has 62 valence electrons. The molecule has 0 aliphatic heterocycles. The van der Waals surface area contributed by atoms with Crippen LogP contribution in [0.5, 0.6) is 0 Å². The Hall–Kier alpha value is -0.0500. The van der Waals surface area contributed by atoms with Gasteiger partial charge in [-0.25, -0.2) is 0 Å². The van der Waals surface area contributed by atoms with Gasteiger partial charge in [-0.1, -0.05) is 11.6 Å². The van der Waals surface area contributed by atoms with E-state index in [1.54, 1.807) is 11.3 Å². The van der Waals surface area contributed by atoms with Gasteiger partial charge in [0.15, 0.2) is 0 Å². The highest BCUT2D eigenvalue weighted by Gasteiger charge is 2.01. The minimum Gasteiger partial charge on any atom is -0.374 e. The molecule has 11 heavy (non-hydrogen) atoms. The minimum absolute atomic E-state index is 0.269. The largest absolute Gasteiger partial charge is 0.374 e. The molecule has 3 heteroatoms. The van der Waals surface area contributed by atoms with Gasteiger partial charge in [-0.15, -0.1) is 11.3 Å². The zero-order valence-electron chi connectivity index (χ0n) is 6.63. The fourth-order valence-corrected chi connectivity index (χ4v) is 1.58. The van der Waals surface area contributed by atoms with Crippen molar-refractivity contribution in [1.82, 2.24) is 0 Å². The molecule has 1 nitrogen and oxygen atoms in total. The van der Waals surface area contributed by atoms with Gasteiger partial charge in [0.25, 0.3) is 0 Å². The van der Waals surface area contributed by atoms with E-state index in [0.717, 1.165) is 9.90 Å². The van der Waals surface area contributed by atoms with E-state index in [9.17, 15) is 0 Å². The van der Waals surface area contributed by atoms with Crippen LogP contribution in [-0.2, 0) is 11.3 Å². The van der Waals surface area contributed by atoms with Gasteiger partial charge in [0.05, 0.1) is 17.0 Å². The third-order valence-corrected chi connectivity index (χ3v) is 2.52. The van der Waals surface area contributed by atoms with E-state index in [0.29, 0.717) is 6.61 Å². The normalized spacial score (nSPS) is 10.9. The lowest BCUT2D eigenvalue weighted by Gasteiger charge is -2.05. The van der Waals surface area contributed by atoms with Crippen LogP contribution in [0.1, 0.15) is 19.4 Å². The maximum Gasteiger partial charge on any atom is 0.0983 e. The molecule has 0 aromatic carbocycles. The number of ether oxygens (including phenoxy) is 1. The molecule has 0 spiro atoms. The smallest absolute Gasteiger partial charge is 0.0983 e. The van der Waals surface area contributed by atoms with Crippen molar-refractivity contribution in [2.45, 2.75) is 26.6 Å². The molecule has 0 N–H and O–H groups in total. The van der Waals surface area contributed by atoms with Crippen molar-refractivity contribution in [3.8, 4) is 0 Å². The van der Waals surface area contributed by atoms with Gasteiger partial charge < -0.3 is 4.74 Å². The SMILES string of the molecule is CC(C)OCc1ccsc1Cl. The van der Waals surface area contributed by atoms with Crippen LogP contribution in [0, 0.1) is 0 Å². The molecular weight excluding hydrogens is 180 g/mol. The predicted octanol–water partition coefficient (Wildman–Crippen LogP) is 3.33. The lowest BCUT2D eigenvalue weighted by Crippen LogP contribution is -2.01. The summed E-state index contributed by atoms with van der Waals surface area (Å²) in [6.07, 6.45) is 0.269. The Morgan fingerprint density at radius 2 is 2.36 bits per heavy atom. The van der Waals surface area contributed by atoms with E-state index in [1.807, 2.05) is 25.3 Å². The van der Waals surface area contributed by atoms with E-state index in [2.05, 4.69) is 0 Å². The highest BCUT2D eigenvalue weighted by Crippen LogP contribution is 2.23. The zero-order valence-corrected chi connectivity index (χ0v) is 8.21. The Bertz CT molecular complexity index is 220. The Labute approximate surface area is 75.9 Å². The van der Waals surface area contributed by atoms with Gasteiger partial charge in [-0.3, -0.25) is 0 Å². The number of hydrogen-bond donors (Lipinski definition) is 0. The first kappa shape index (κ1) is 9.04. The van der Waals surface area contributed by atoms with Gasteiger partial charge in [-0.05, 0) is 25.3 Å². The van der Waals surface area contributed by atoms with Crippen molar-refractivity contribution >= 4 is 22.9 Å². The molecule has 1 aromatic heterocycles. The molecule has 0 atom stereocenters. The molecule has 1 aromatic rings. The van der Waals surface area contributed by atoms with Crippen molar-refractivity contribution in [3.63, 3.8) is 0 Å². The van der Waals surface area contributed by atoms with Crippen LogP contribution in [-0.4, -0.2) is 6.10 Å². The van der Waals surface area contributed by atoms with Crippen LogP contribution in [0.3, 0.4) is 0 Å². The van der Waals surface area contributed by atoms with E-state index in [1.165, 1.54) is 0 Å². The Kier molecular flexibility index (Phi) is 3.37. The average Bonchev–Trinajstić information content (AvgIpc) is 2.31. The summed E-state index contributed by atoms with van der Waals surface area (Å²) >= 11 is 7.40. The molecule has 0 saturated carbocycles. The molecule has 0 unspecified atom stereocenters. The first-order valence-corrected chi connectivity index (χ1v) is 4.79. The monoisotopic (exact) mass is 190 g/mol. The van der Waals surface area contributed by atoms with Crippen molar-refractivity contribution in [2.24, 2.45) is 0 Å². The third-order valence-electron chi connectivity index (χ3n) is 1.27. The molecule has 0 aliphatic rings. The second-order valence-corrected chi connectivity index (χ2v) is 4.10. The molecule has 0 radical (unpaired) electrons. The Balaban J connectivity index is 2.44. The summed E-state index contributed by atoms with van der Waals surface area (Å²) < 4.78 is 6.23. The van der Waals surface area contributed by atoms with Crippen LogP contribution in [0.4, 0.5) is 0 Å². The standard InChI is InChI=1S/C8H11ClOS/c1-6(2)10-5-7-3-4-11-8(7)9/h3-4,6H,5H2,1-2H3. The summed E-state index contributed by atoms with van der Waals surface area (Å²) in [6.45, 7) is 4.65. The van der Waals surface area contributed by atoms with Gasteiger partial charge >= 0.3 is 0 Å². The predicted molar refractivity (Wildman–Crippen MR) is 49.3 cm³/mol. The van der Waals surface area contributed by atoms with Crippen LogP contribution in [0.15, 0.2) is 11.4 Å². The van der Waals surface area contributed by atoms with Gasteiger partial charge in [0.1, 0.15) is 0 Å². The highest BCUT2D eigenvalue weighted by atomic mass is 35.5. The van der Waals surface area contributed by atoms with E-state index < -0.39 is 0 Å². The summed E-state index contributed by atoms with van der Waals surface area (Å²) in [5.74, 6) is 0. The number of halogens is 1. The Morgan fingerprint density at radius 1 is 1.64 bits per heavy atom. The summed E-state index contributed by atoms with van der Waals surface area (Å²) in [5, 5.41) is 1.97. The second-order valence-electron chi connectivity index (χ2n) is 2.58. The van der Waals surface area contributed by atoms with E-state index in [-0.39, 0.29) is 6.10 Å². The summed E-state index contributed by atoms with van der Waals surface area (Å²) in [4.78, 5) is 0. The number of hydrogen-bond acceptors (Lipinski definition) is 2. The molecule has 0 fully saturated rings. The molecule has 1 rings (SSSR count). The van der Waals surface area contributed by atoms with Crippen molar-refractivity contribution < 1.29 is 4.74 Å². The molecular formula is C8H11ClOS. The molecule has 0 bridgehead atoms. The van der Waals surface area contributed by atoms with Crippen LogP contribution < -0.4 is 0 Å². The van der Waals surface area contributed by atoms with E-state index >= 15 is 0 Å². The fraction of sp³-hybridized carbons (Fsp3) is 0.500. The molecule has 0 aliphatic carbocycles. The first-order valence-electron chi connectivity index (χ1n) is 3.53. The average molecular weight is 191 g/mol. The van der Waals surface area contributed by atoms with Crippen molar-refractivity contribution in [2.75, 3.05) is 0 Å². The number of rotatable bonds is 3. The van der Waals surface area contributed by atoms with Crippen LogP contribution in [0.25, 0.3) is 0 Å². The maximum atomic E-state index is 5.86. The minimum atomic E-state index is 0.269. The zero-order chi connectivity index (χ0) is 8.27. The van der Waals surface area contributed by atoms with Crippen molar-refractivity contribution in [3.05, 3.63) is 21.3 Å². The third kappa shape index (κ3) is 2.81. The van der Waals surface area contributed by atoms with Gasteiger partial charge in [0, 0.05) is 5.56 Å². The second kappa shape index (κ2) is 4.10. The summed E-state index contributed by atoms with van der Waals surface area (Å²) in [5.41, 5.74) is 1.09. The Morgan fingerprint density at radius 3 is 2.82 bits per heavy atom. The quantitative estimate of drug-likeness (QED) is 0.711. The van der Waals surface area contributed by atoms with Crippen LogP contribution in [0.2, 0.25) is 4.34 Å². The van der Waals surface area contributed by atoms with Crippen molar-refractivity contribution in [1.29, 1.82) is 0 Å². The molecule has 0 amide bonds. The fourth-order valence-electron chi connectivity index (χ4n) is 0.678. The summed E-state index contributed by atoms with van der Waals surface area (Å²) in [7, 11) is 0. The lowest BCUT2D eigenvalue weighted by molar-refractivity contribution is 0.0659. The van der Waals surface area contributed by atoms with Crippen LogP contribution >= 0.6 is 22.9 Å². The highest BCUT2D eigenvalue weighted by molar-refractivity contribution is 7.14. The number of thiophene rings is 1. The lowest BCUT2D eigenvalue weighted by atomic mass is 10.3. The summed E-state index contributed by atoms with van der Waals surface area (Å²) in [6, 6.07) is 2.00. The van der Waals surface area contributed by atoms with E-state index in [4.69, 9.17) is 16.3 Å². The maximum absolute atomic E-state index is 5.86. The molecule has 1 heterocycles. The first-order chi connectivity index (χ1) is 5.20.